The van der Waals surface area contributed by atoms with E-state index in [4.69, 9.17) is 9.47 Å². The van der Waals surface area contributed by atoms with Crippen LogP contribution in [-0.2, 0) is 7.05 Å². The van der Waals surface area contributed by atoms with Crippen molar-refractivity contribution in [3.8, 4) is 11.5 Å². The Bertz CT molecular complexity index is 788. The fraction of sp³-hybridized carbons (Fsp3) is 0.429. The van der Waals surface area contributed by atoms with Crippen LogP contribution in [0.15, 0.2) is 36.4 Å². The van der Waals surface area contributed by atoms with Crippen LogP contribution in [0, 0.1) is 0 Å². The van der Waals surface area contributed by atoms with Crippen molar-refractivity contribution in [3.05, 3.63) is 36.4 Å². The molecule has 0 aliphatic heterocycles. The SMILES string of the molecule is CNCCCOc1ccc2c(c1)c1cc(OCCCNC)ccc1n2C. The second-order valence-corrected chi connectivity index (χ2v) is 6.53. The molecular weight excluding hydrogens is 326 g/mol. The first-order valence-electron chi connectivity index (χ1n) is 9.31. The molecule has 0 saturated heterocycles. The lowest BCUT2D eigenvalue weighted by atomic mass is 10.1. The lowest BCUT2D eigenvalue weighted by molar-refractivity contribution is 0.310. The van der Waals surface area contributed by atoms with Gasteiger partial charge in [-0.3, -0.25) is 0 Å². The molecule has 0 bridgehead atoms. The van der Waals surface area contributed by atoms with Gasteiger partial charge in [0.05, 0.1) is 13.2 Å². The van der Waals surface area contributed by atoms with Crippen LogP contribution in [-0.4, -0.2) is 45.0 Å². The number of nitrogens with zero attached hydrogens (tertiary/aromatic N) is 1. The molecule has 2 aromatic carbocycles. The van der Waals surface area contributed by atoms with Crippen molar-refractivity contribution >= 4 is 21.8 Å². The van der Waals surface area contributed by atoms with Gasteiger partial charge < -0.3 is 24.7 Å². The molecule has 0 fully saturated rings. The summed E-state index contributed by atoms with van der Waals surface area (Å²) in [5, 5.41) is 8.69. The van der Waals surface area contributed by atoms with Gasteiger partial charge in [0.2, 0.25) is 0 Å². The van der Waals surface area contributed by atoms with Crippen LogP contribution in [0.5, 0.6) is 11.5 Å². The third-order valence-electron chi connectivity index (χ3n) is 4.63. The van der Waals surface area contributed by atoms with Crippen LogP contribution < -0.4 is 20.1 Å². The highest BCUT2D eigenvalue weighted by molar-refractivity contribution is 6.08. The van der Waals surface area contributed by atoms with E-state index in [9.17, 15) is 0 Å². The van der Waals surface area contributed by atoms with Gasteiger partial charge in [0, 0.05) is 28.9 Å². The largest absolute Gasteiger partial charge is 0.494 e. The summed E-state index contributed by atoms with van der Waals surface area (Å²) in [6.07, 6.45) is 1.99. The summed E-state index contributed by atoms with van der Waals surface area (Å²) in [6.45, 7) is 3.36. The van der Waals surface area contributed by atoms with Gasteiger partial charge in [0.1, 0.15) is 11.5 Å². The minimum absolute atomic E-state index is 0.719. The fourth-order valence-corrected chi connectivity index (χ4v) is 3.23. The molecule has 2 N–H and O–H groups in total. The molecule has 5 nitrogen and oxygen atoms in total. The molecule has 0 atom stereocenters. The Morgan fingerprint density at radius 3 is 1.65 bits per heavy atom. The van der Waals surface area contributed by atoms with Gasteiger partial charge in [-0.15, -0.1) is 0 Å². The lowest BCUT2D eigenvalue weighted by Gasteiger charge is -2.07. The van der Waals surface area contributed by atoms with Crippen molar-refractivity contribution in [3.63, 3.8) is 0 Å². The first-order valence-corrected chi connectivity index (χ1v) is 9.31. The van der Waals surface area contributed by atoms with E-state index in [1.807, 2.05) is 14.1 Å². The van der Waals surface area contributed by atoms with Gasteiger partial charge in [0.25, 0.3) is 0 Å². The summed E-state index contributed by atoms with van der Waals surface area (Å²) in [6, 6.07) is 12.7. The second kappa shape index (κ2) is 8.92. The summed E-state index contributed by atoms with van der Waals surface area (Å²) in [5.41, 5.74) is 2.41. The molecule has 3 aromatic rings. The van der Waals surface area contributed by atoms with Gasteiger partial charge in [-0.1, -0.05) is 0 Å². The van der Waals surface area contributed by atoms with E-state index in [1.54, 1.807) is 0 Å². The predicted octanol–water partition coefficient (Wildman–Crippen LogP) is 3.31. The molecule has 140 valence electrons. The molecule has 1 heterocycles. The lowest BCUT2D eigenvalue weighted by Crippen LogP contribution is -2.11. The Labute approximate surface area is 155 Å². The number of ether oxygens (including phenoxy) is 2. The Morgan fingerprint density at radius 1 is 0.769 bits per heavy atom. The molecule has 0 spiro atoms. The van der Waals surface area contributed by atoms with Gasteiger partial charge in [-0.05, 0) is 76.4 Å². The first-order chi connectivity index (χ1) is 12.7. The topological polar surface area (TPSA) is 47.4 Å². The number of aryl methyl sites for hydroxylation is 1. The Hall–Kier alpha value is -2.24. The molecule has 0 saturated carbocycles. The van der Waals surface area contributed by atoms with Crippen LogP contribution in [0.2, 0.25) is 0 Å². The molecule has 0 amide bonds. The molecule has 0 unspecified atom stereocenters. The Balaban J connectivity index is 1.84. The van der Waals surface area contributed by atoms with Crippen molar-refractivity contribution in [2.24, 2.45) is 7.05 Å². The van der Waals surface area contributed by atoms with Gasteiger partial charge in [-0.2, -0.15) is 0 Å². The average molecular weight is 355 g/mol. The zero-order valence-corrected chi connectivity index (χ0v) is 16.0. The van der Waals surface area contributed by atoms with E-state index in [0.29, 0.717) is 0 Å². The number of hydrogen-bond acceptors (Lipinski definition) is 4. The molecule has 1 aromatic heterocycles. The van der Waals surface area contributed by atoms with Crippen LogP contribution in [0.3, 0.4) is 0 Å². The molecule has 5 heteroatoms. The maximum atomic E-state index is 5.91. The van der Waals surface area contributed by atoms with Crippen LogP contribution in [0.1, 0.15) is 12.8 Å². The van der Waals surface area contributed by atoms with E-state index in [-0.39, 0.29) is 0 Å². The minimum Gasteiger partial charge on any atom is -0.494 e. The van der Waals surface area contributed by atoms with Gasteiger partial charge >= 0.3 is 0 Å². The Morgan fingerprint density at radius 2 is 1.23 bits per heavy atom. The van der Waals surface area contributed by atoms with Gasteiger partial charge in [-0.25, -0.2) is 0 Å². The third kappa shape index (κ3) is 4.11. The van der Waals surface area contributed by atoms with Crippen LogP contribution in [0.4, 0.5) is 0 Å². The van der Waals surface area contributed by atoms with Gasteiger partial charge in [0.15, 0.2) is 0 Å². The van der Waals surface area contributed by atoms with Crippen molar-refractivity contribution in [1.82, 2.24) is 15.2 Å². The number of benzene rings is 2. The molecule has 26 heavy (non-hydrogen) atoms. The van der Waals surface area contributed by atoms with Crippen molar-refractivity contribution in [1.29, 1.82) is 0 Å². The summed E-state index contributed by atoms with van der Waals surface area (Å²) in [4.78, 5) is 0. The standard InChI is InChI=1S/C21H29N3O2/c1-22-10-4-12-25-16-6-8-20-18(14-16)19-15-17(26-13-5-11-23-2)7-9-21(19)24(20)3/h6-9,14-15,22-23H,4-5,10-13H2,1-3H3. The predicted molar refractivity (Wildman–Crippen MR) is 109 cm³/mol. The van der Waals surface area contributed by atoms with E-state index in [1.165, 1.54) is 21.8 Å². The fourth-order valence-electron chi connectivity index (χ4n) is 3.23. The average Bonchev–Trinajstić information content (AvgIpc) is 2.94. The minimum atomic E-state index is 0.719. The molecule has 0 radical (unpaired) electrons. The monoisotopic (exact) mass is 355 g/mol. The quantitative estimate of drug-likeness (QED) is 0.548. The van der Waals surface area contributed by atoms with Crippen molar-refractivity contribution in [2.75, 3.05) is 40.4 Å². The van der Waals surface area contributed by atoms with E-state index >= 15 is 0 Å². The van der Waals surface area contributed by atoms with Crippen molar-refractivity contribution in [2.45, 2.75) is 12.8 Å². The molecule has 0 aliphatic rings. The van der Waals surface area contributed by atoms with Crippen LogP contribution in [0.25, 0.3) is 21.8 Å². The number of aromatic nitrogens is 1. The number of fused-ring (bicyclic) bond motifs is 3. The maximum absolute atomic E-state index is 5.91. The summed E-state index contributed by atoms with van der Waals surface area (Å²) < 4.78 is 14.0. The smallest absolute Gasteiger partial charge is 0.120 e. The second-order valence-electron chi connectivity index (χ2n) is 6.53. The summed E-state index contributed by atoms with van der Waals surface area (Å²) in [7, 11) is 6.02. The summed E-state index contributed by atoms with van der Waals surface area (Å²) in [5.74, 6) is 1.84. The summed E-state index contributed by atoms with van der Waals surface area (Å²) >= 11 is 0. The number of rotatable bonds is 10. The van der Waals surface area contributed by atoms with Crippen LogP contribution >= 0.6 is 0 Å². The first kappa shape index (κ1) is 18.5. The molecule has 3 rings (SSSR count). The third-order valence-corrected chi connectivity index (χ3v) is 4.63. The Kier molecular flexibility index (Phi) is 6.36. The zero-order valence-electron chi connectivity index (χ0n) is 16.0. The molecule has 0 aliphatic carbocycles. The maximum Gasteiger partial charge on any atom is 0.120 e. The van der Waals surface area contributed by atoms with E-state index in [0.717, 1.165) is 50.6 Å². The highest BCUT2D eigenvalue weighted by atomic mass is 16.5. The van der Waals surface area contributed by atoms with Crippen molar-refractivity contribution < 1.29 is 9.47 Å². The molecular formula is C21H29N3O2. The normalized spacial score (nSPS) is 11.3. The zero-order chi connectivity index (χ0) is 18.4. The highest BCUT2D eigenvalue weighted by Gasteiger charge is 2.10. The number of nitrogens with one attached hydrogen (secondary N) is 2. The van der Waals surface area contributed by atoms with E-state index in [2.05, 4.69) is 58.6 Å². The highest BCUT2D eigenvalue weighted by Crippen LogP contribution is 2.33. The van der Waals surface area contributed by atoms with E-state index < -0.39 is 0 Å². The number of hydrogen-bond donors (Lipinski definition) is 2.